The van der Waals surface area contributed by atoms with E-state index in [0.717, 1.165) is 0 Å². The third-order valence-corrected chi connectivity index (χ3v) is 0.696. The summed E-state index contributed by atoms with van der Waals surface area (Å²) in [5.74, 6) is 0.0926. The minimum atomic E-state index is 0. The summed E-state index contributed by atoms with van der Waals surface area (Å²) < 4.78 is 0. The molecule has 1 saturated heterocycles. The monoisotopic (exact) mass is 122 g/mol. The number of rotatable bonds is 0. The molecule has 0 aromatic carbocycles. The van der Waals surface area contributed by atoms with Crippen molar-refractivity contribution in [3.05, 3.63) is 0 Å². The Morgan fingerprint density at radius 2 is 2.29 bits per heavy atom. The number of amides is 1. The van der Waals surface area contributed by atoms with Gasteiger partial charge in [0.05, 0.1) is 13.2 Å². The predicted molar refractivity (Wildman–Crippen MR) is 28.3 cm³/mol. The molecule has 1 aliphatic heterocycles. The Kier molecular flexibility index (Phi) is 2.71. The molecule has 4 heteroatoms. The average molecular weight is 123 g/mol. The lowest BCUT2D eigenvalue weighted by atomic mass is 10.7. The fourth-order valence-electron chi connectivity index (χ4n) is 0.400. The Bertz CT molecular complexity index is 67.3. The quantitative estimate of drug-likeness (QED) is 0.437. The summed E-state index contributed by atoms with van der Waals surface area (Å²) in [6.07, 6.45) is 0. The van der Waals surface area contributed by atoms with Crippen molar-refractivity contribution in [1.29, 1.82) is 0 Å². The number of nitrogens with one attached hydrogen (secondary N) is 2. The second-order valence-corrected chi connectivity index (χ2v) is 1.20. The lowest BCUT2D eigenvalue weighted by Gasteiger charge is -1.78. The molecule has 1 aliphatic rings. The van der Waals surface area contributed by atoms with Crippen molar-refractivity contribution in [2.75, 3.05) is 13.2 Å². The molecule has 0 unspecified atom stereocenters. The van der Waals surface area contributed by atoms with Crippen molar-refractivity contribution in [1.82, 2.24) is 10.6 Å². The number of halogens is 1. The first-order valence-corrected chi connectivity index (χ1v) is 1.87. The van der Waals surface area contributed by atoms with Gasteiger partial charge in [-0.2, -0.15) is 0 Å². The van der Waals surface area contributed by atoms with Crippen molar-refractivity contribution in [2.45, 2.75) is 0 Å². The molecular weight excluding hydrogens is 115 g/mol. The van der Waals surface area contributed by atoms with Gasteiger partial charge in [-0.15, -0.1) is 12.4 Å². The molecule has 3 nitrogen and oxygen atoms in total. The van der Waals surface area contributed by atoms with Crippen LogP contribution >= 0.6 is 12.4 Å². The fraction of sp³-hybridized carbons (Fsp3) is 0.667. The van der Waals surface area contributed by atoms with Gasteiger partial charge in [0.1, 0.15) is 0 Å². The van der Waals surface area contributed by atoms with E-state index in [1.54, 1.807) is 0 Å². The maximum absolute atomic E-state index is 10.1. The van der Waals surface area contributed by atoms with Crippen molar-refractivity contribution >= 4 is 18.3 Å². The van der Waals surface area contributed by atoms with Crippen LogP contribution in [-0.2, 0) is 4.79 Å². The molecular formula is C3H7ClN2O. The molecule has 0 spiro atoms. The topological polar surface area (TPSA) is 41.1 Å². The van der Waals surface area contributed by atoms with Crippen LogP contribution in [0.25, 0.3) is 0 Å². The van der Waals surface area contributed by atoms with E-state index in [1.165, 1.54) is 0 Å². The van der Waals surface area contributed by atoms with Gasteiger partial charge in [-0.1, -0.05) is 0 Å². The second kappa shape index (κ2) is 2.82. The summed E-state index contributed by atoms with van der Waals surface area (Å²) in [6, 6.07) is 0. The van der Waals surface area contributed by atoms with Gasteiger partial charge in [0.15, 0.2) is 0 Å². The summed E-state index contributed by atoms with van der Waals surface area (Å²) in [7, 11) is 0. The van der Waals surface area contributed by atoms with Crippen LogP contribution in [0, 0.1) is 0 Å². The maximum Gasteiger partial charge on any atom is 0.235 e. The lowest BCUT2D eigenvalue weighted by Crippen LogP contribution is -2.14. The van der Waals surface area contributed by atoms with Gasteiger partial charge in [-0.3, -0.25) is 10.1 Å². The molecule has 1 heterocycles. The molecule has 0 bridgehead atoms. The van der Waals surface area contributed by atoms with Gasteiger partial charge in [-0.25, -0.2) is 0 Å². The van der Waals surface area contributed by atoms with Crippen LogP contribution in [0.15, 0.2) is 0 Å². The lowest BCUT2D eigenvalue weighted by molar-refractivity contribution is -0.118. The van der Waals surface area contributed by atoms with Crippen LogP contribution < -0.4 is 10.6 Å². The van der Waals surface area contributed by atoms with E-state index in [4.69, 9.17) is 0 Å². The summed E-state index contributed by atoms with van der Waals surface area (Å²) >= 11 is 0. The van der Waals surface area contributed by atoms with E-state index in [0.29, 0.717) is 13.2 Å². The van der Waals surface area contributed by atoms with Gasteiger partial charge >= 0.3 is 0 Å². The SMILES string of the molecule is Cl.O=C1CNCN1. The Balaban J connectivity index is 0.000000360. The zero-order valence-corrected chi connectivity index (χ0v) is 4.55. The van der Waals surface area contributed by atoms with E-state index >= 15 is 0 Å². The number of hydrogen-bond donors (Lipinski definition) is 2. The van der Waals surface area contributed by atoms with Gasteiger partial charge in [-0.05, 0) is 0 Å². The summed E-state index contributed by atoms with van der Waals surface area (Å²) in [4.78, 5) is 10.1. The van der Waals surface area contributed by atoms with Crippen molar-refractivity contribution in [3.8, 4) is 0 Å². The van der Waals surface area contributed by atoms with Crippen molar-refractivity contribution in [2.24, 2.45) is 0 Å². The Hall–Kier alpha value is -0.280. The zero-order chi connectivity index (χ0) is 4.41. The number of carbonyl (C=O) groups excluding carboxylic acids is 1. The predicted octanol–water partition coefficient (Wildman–Crippen LogP) is -0.915. The molecule has 2 N–H and O–H groups in total. The van der Waals surface area contributed by atoms with Crippen LogP contribution in [0.5, 0.6) is 0 Å². The average Bonchev–Trinajstić information content (AvgIpc) is 1.86. The van der Waals surface area contributed by atoms with E-state index in [-0.39, 0.29) is 18.3 Å². The summed E-state index contributed by atoms with van der Waals surface area (Å²) in [6.45, 7) is 1.12. The minimum absolute atomic E-state index is 0. The van der Waals surface area contributed by atoms with Crippen LogP contribution in [-0.4, -0.2) is 19.1 Å². The first-order chi connectivity index (χ1) is 2.89. The molecule has 0 atom stereocenters. The molecule has 7 heavy (non-hydrogen) atoms. The van der Waals surface area contributed by atoms with E-state index in [1.807, 2.05) is 0 Å². The van der Waals surface area contributed by atoms with E-state index < -0.39 is 0 Å². The van der Waals surface area contributed by atoms with Gasteiger partial charge in [0.2, 0.25) is 5.91 Å². The van der Waals surface area contributed by atoms with E-state index in [9.17, 15) is 4.79 Å². The largest absolute Gasteiger partial charge is 0.342 e. The summed E-state index contributed by atoms with van der Waals surface area (Å²) in [5.41, 5.74) is 0. The Labute approximate surface area is 47.9 Å². The van der Waals surface area contributed by atoms with Crippen LogP contribution in [0.2, 0.25) is 0 Å². The maximum atomic E-state index is 10.1. The fourth-order valence-corrected chi connectivity index (χ4v) is 0.400. The highest BCUT2D eigenvalue weighted by Gasteiger charge is 2.03. The van der Waals surface area contributed by atoms with Crippen molar-refractivity contribution in [3.63, 3.8) is 0 Å². The Morgan fingerprint density at radius 3 is 2.43 bits per heavy atom. The Morgan fingerprint density at radius 1 is 1.57 bits per heavy atom. The second-order valence-electron chi connectivity index (χ2n) is 1.20. The van der Waals surface area contributed by atoms with Crippen molar-refractivity contribution < 1.29 is 4.79 Å². The smallest absolute Gasteiger partial charge is 0.235 e. The normalized spacial score (nSPS) is 18.0. The minimum Gasteiger partial charge on any atom is -0.342 e. The molecule has 0 aromatic rings. The standard InChI is InChI=1S/C3H6N2O.ClH/c6-3-1-4-2-5-3;/h4H,1-2H2,(H,5,6);1H. The van der Waals surface area contributed by atoms with Gasteiger partial charge in [0, 0.05) is 0 Å². The van der Waals surface area contributed by atoms with Gasteiger partial charge < -0.3 is 5.32 Å². The van der Waals surface area contributed by atoms with Crippen LogP contribution in [0.1, 0.15) is 0 Å². The zero-order valence-electron chi connectivity index (χ0n) is 3.73. The summed E-state index contributed by atoms with van der Waals surface area (Å²) in [5, 5.41) is 5.38. The van der Waals surface area contributed by atoms with Crippen LogP contribution in [0.4, 0.5) is 0 Å². The molecule has 0 aromatic heterocycles. The molecule has 1 rings (SSSR count). The molecule has 0 radical (unpaired) electrons. The number of hydrogen-bond acceptors (Lipinski definition) is 2. The highest BCUT2D eigenvalue weighted by molar-refractivity contribution is 5.85. The van der Waals surface area contributed by atoms with Crippen LogP contribution in [0.3, 0.4) is 0 Å². The molecule has 1 amide bonds. The molecule has 0 saturated carbocycles. The van der Waals surface area contributed by atoms with E-state index in [2.05, 4.69) is 10.6 Å². The number of carbonyl (C=O) groups is 1. The highest BCUT2D eigenvalue weighted by atomic mass is 35.5. The molecule has 42 valence electrons. The molecule has 0 aliphatic carbocycles. The highest BCUT2D eigenvalue weighted by Crippen LogP contribution is 1.67. The first kappa shape index (κ1) is 6.72. The first-order valence-electron chi connectivity index (χ1n) is 1.87. The third kappa shape index (κ3) is 1.75. The molecule has 1 fully saturated rings. The van der Waals surface area contributed by atoms with Gasteiger partial charge in [0.25, 0.3) is 0 Å². The third-order valence-electron chi connectivity index (χ3n) is 0.696.